The van der Waals surface area contributed by atoms with Gasteiger partial charge < -0.3 is 4.42 Å². The van der Waals surface area contributed by atoms with Gasteiger partial charge in [-0.05, 0) is 49.9 Å². The van der Waals surface area contributed by atoms with Crippen LogP contribution in [0.25, 0.3) is 22.1 Å². The predicted octanol–water partition coefficient (Wildman–Crippen LogP) is 3.65. The van der Waals surface area contributed by atoms with Gasteiger partial charge in [0.05, 0.1) is 0 Å². The lowest BCUT2D eigenvalue weighted by molar-refractivity contribution is 0.577. The van der Waals surface area contributed by atoms with E-state index in [1.807, 2.05) is 6.92 Å². The zero-order chi connectivity index (χ0) is 9.33. The van der Waals surface area contributed by atoms with Crippen molar-refractivity contribution >= 4 is 11.0 Å². The molecule has 2 aliphatic rings. The minimum Gasteiger partial charge on any atom is -0.460 e. The third kappa shape index (κ3) is 0.611. The molecule has 1 heterocycles. The summed E-state index contributed by atoms with van der Waals surface area (Å²) in [5, 5.41) is 1.35. The fourth-order valence-electron chi connectivity index (χ4n) is 2.41. The summed E-state index contributed by atoms with van der Waals surface area (Å²) in [4.78, 5) is 0. The summed E-state index contributed by atoms with van der Waals surface area (Å²) in [5.41, 5.74) is 8.11. The van der Waals surface area contributed by atoms with Crippen LogP contribution in [0.3, 0.4) is 0 Å². The maximum atomic E-state index is 5.75. The molecule has 0 atom stereocenters. The van der Waals surface area contributed by atoms with Crippen molar-refractivity contribution in [1.82, 2.24) is 0 Å². The van der Waals surface area contributed by atoms with Crippen molar-refractivity contribution in [3.05, 3.63) is 22.5 Å². The summed E-state index contributed by atoms with van der Waals surface area (Å²) >= 11 is 0. The van der Waals surface area contributed by atoms with Crippen molar-refractivity contribution in [1.29, 1.82) is 0 Å². The van der Waals surface area contributed by atoms with Crippen LogP contribution in [0.1, 0.15) is 22.5 Å². The highest BCUT2D eigenvalue weighted by Gasteiger charge is 2.32. The molecule has 66 valence electrons. The number of benzene rings is 1. The van der Waals surface area contributed by atoms with Gasteiger partial charge in [0.15, 0.2) is 0 Å². The SMILES string of the molecule is Cc1oc2c3c(C)c-3c(C)c2c1C. The lowest BCUT2D eigenvalue weighted by Crippen LogP contribution is -1.72. The average Bonchev–Trinajstić information content (AvgIpc) is 2.51. The van der Waals surface area contributed by atoms with Crippen LogP contribution in [0.5, 0.6) is 0 Å². The first-order chi connectivity index (χ1) is 6.13. The van der Waals surface area contributed by atoms with Crippen LogP contribution in [-0.4, -0.2) is 0 Å². The molecule has 0 fully saturated rings. The lowest BCUT2D eigenvalue weighted by Gasteiger charge is -1.88. The topological polar surface area (TPSA) is 13.1 Å². The van der Waals surface area contributed by atoms with E-state index in [0.29, 0.717) is 0 Å². The Kier molecular flexibility index (Phi) is 1.00. The molecule has 0 aromatic carbocycles. The first kappa shape index (κ1) is 7.19. The first-order valence-electron chi connectivity index (χ1n) is 4.66. The van der Waals surface area contributed by atoms with Gasteiger partial charge in [0, 0.05) is 10.9 Å². The van der Waals surface area contributed by atoms with E-state index in [2.05, 4.69) is 20.8 Å². The van der Waals surface area contributed by atoms with Crippen LogP contribution < -0.4 is 0 Å². The van der Waals surface area contributed by atoms with Gasteiger partial charge in [-0.1, -0.05) is 0 Å². The Balaban J connectivity index is 2.57. The quantitative estimate of drug-likeness (QED) is 0.504. The van der Waals surface area contributed by atoms with Crippen molar-refractivity contribution in [2.75, 3.05) is 0 Å². The van der Waals surface area contributed by atoms with Gasteiger partial charge in [-0.25, -0.2) is 0 Å². The molecule has 2 aliphatic carbocycles. The van der Waals surface area contributed by atoms with Crippen LogP contribution in [0.4, 0.5) is 0 Å². The second-order valence-electron chi connectivity index (χ2n) is 3.99. The van der Waals surface area contributed by atoms with Crippen LogP contribution >= 0.6 is 0 Å². The maximum absolute atomic E-state index is 5.75. The Hall–Kier alpha value is -1.24. The first-order valence-corrected chi connectivity index (χ1v) is 4.66. The number of hydrogen-bond acceptors (Lipinski definition) is 1. The van der Waals surface area contributed by atoms with E-state index in [-0.39, 0.29) is 0 Å². The van der Waals surface area contributed by atoms with Crippen molar-refractivity contribution < 1.29 is 4.42 Å². The Morgan fingerprint density at radius 3 is 2.15 bits per heavy atom. The van der Waals surface area contributed by atoms with Crippen LogP contribution in [0.15, 0.2) is 4.42 Å². The largest absolute Gasteiger partial charge is 0.460 e. The molecule has 0 N–H and O–H groups in total. The molecule has 1 aromatic rings. The molecule has 0 radical (unpaired) electrons. The lowest BCUT2D eigenvalue weighted by atomic mass is 10.1. The molecule has 0 aliphatic heterocycles. The maximum Gasteiger partial charge on any atom is 0.142 e. The van der Waals surface area contributed by atoms with Crippen LogP contribution in [0.2, 0.25) is 0 Å². The molecule has 0 amide bonds. The van der Waals surface area contributed by atoms with Gasteiger partial charge in [0.25, 0.3) is 0 Å². The molecule has 13 heavy (non-hydrogen) atoms. The van der Waals surface area contributed by atoms with E-state index < -0.39 is 0 Å². The van der Waals surface area contributed by atoms with Gasteiger partial charge in [0.2, 0.25) is 0 Å². The van der Waals surface area contributed by atoms with Crippen molar-refractivity contribution in [2.45, 2.75) is 27.7 Å². The van der Waals surface area contributed by atoms with Crippen LogP contribution in [0, 0.1) is 27.7 Å². The summed E-state index contributed by atoms with van der Waals surface area (Å²) in [5.74, 6) is 1.07. The summed E-state index contributed by atoms with van der Waals surface area (Å²) in [6, 6.07) is 0. The van der Waals surface area contributed by atoms with Crippen molar-refractivity contribution in [2.24, 2.45) is 0 Å². The second kappa shape index (κ2) is 1.82. The summed E-state index contributed by atoms with van der Waals surface area (Å²) in [7, 11) is 0. The number of aryl methyl sites for hydroxylation is 4. The minimum atomic E-state index is 1.07. The van der Waals surface area contributed by atoms with Gasteiger partial charge in [-0.15, -0.1) is 0 Å². The van der Waals surface area contributed by atoms with Gasteiger partial charge in [-0.3, -0.25) is 0 Å². The van der Waals surface area contributed by atoms with Gasteiger partial charge >= 0.3 is 0 Å². The highest BCUT2D eigenvalue weighted by atomic mass is 16.3. The normalized spacial score (nSPS) is 12.6. The molecule has 0 bridgehead atoms. The number of hydrogen-bond donors (Lipinski definition) is 0. The molecular weight excluding hydrogens is 160 g/mol. The molecule has 0 saturated heterocycles. The molecule has 3 rings (SSSR count). The monoisotopic (exact) mass is 172 g/mol. The Morgan fingerprint density at radius 2 is 1.46 bits per heavy atom. The third-order valence-corrected chi connectivity index (χ3v) is 3.30. The number of fused-ring (bicyclic) bond motifs is 3. The Morgan fingerprint density at radius 1 is 0.769 bits per heavy atom. The molecule has 1 aromatic heterocycles. The minimum absolute atomic E-state index is 1.07. The van der Waals surface area contributed by atoms with E-state index in [1.165, 1.54) is 33.2 Å². The van der Waals surface area contributed by atoms with Crippen molar-refractivity contribution in [3.8, 4) is 11.1 Å². The van der Waals surface area contributed by atoms with Crippen LogP contribution in [-0.2, 0) is 0 Å². The Bertz CT molecular complexity index is 544. The van der Waals surface area contributed by atoms with E-state index in [4.69, 9.17) is 4.42 Å². The summed E-state index contributed by atoms with van der Waals surface area (Å²) in [6.07, 6.45) is 0. The standard InChI is InChI=1S/C12H12O/c1-5-8(4)13-12-10(5)6(2)9-7(3)11(9)12/h1-4H3. The third-order valence-electron chi connectivity index (χ3n) is 3.30. The van der Waals surface area contributed by atoms with Gasteiger partial charge in [0.1, 0.15) is 11.3 Å². The molecule has 0 saturated carbocycles. The highest BCUT2D eigenvalue weighted by molar-refractivity contribution is 6.14. The molecule has 0 spiro atoms. The molecule has 1 heteroatoms. The van der Waals surface area contributed by atoms with E-state index in [1.54, 1.807) is 0 Å². The number of rotatable bonds is 0. The smallest absolute Gasteiger partial charge is 0.142 e. The zero-order valence-electron chi connectivity index (χ0n) is 8.41. The molecule has 1 nitrogen and oxygen atoms in total. The fourth-order valence-corrected chi connectivity index (χ4v) is 2.41. The van der Waals surface area contributed by atoms with E-state index >= 15 is 0 Å². The van der Waals surface area contributed by atoms with E-state index in [9.17, 15) is 0 Å². The van der Waals surface area contributed by atoms with Crippen molar-refractivity contribution in [3.63, 3.8) is 0 Å². The summed E-state index contributed by atoms with van der Waals surface area (Å²) < 4.78 is 5.75. The van der Waals surface area contributed by atoms with E-state index in [0.717, 1.165) is 11.3 Å². The second-order valence-corrected chi connectivity index (χ2v) is 3.99. The highest BCUT2D eigenvalue weighted by Crippen LogP contribution is 2.54. The zero-order valence-corrected chi connectivity index (χ0v) is 8.41. The number of furan rings is 1. The summed E-state index contributed by atoms with van der Waals surface area (Å²) in [6.45, 7) is 8.55. The Labute approximate surface area is 77.4 Å². The predicted molar refractivity (Wildman–Crippen MR) is 54.2 cm³/mol. The fraction of sp³-hybridized carbons (Fsp3) is 0.333. The molecular formula is C12H12O. The average molecular weight is 172 g/mol. The van der Waals surface area contributed by atoms with Gasteiger partial charge in [-0.2, -0.15) is 0 Å². The molecule has 0 unspecified atom stereocenters.